The van der Waals surface area contributed by atoms with Gasteiger partial charge in [-0.1, -0.05) is 18.1 Å². The minimum atomic E-state index is -0.183. The summed E-state index contributed by atoms with van der Waals surface area (Å²) in [5, 5.41) is 1.15. The average Bonchev–Trinajstić information content (AvgIpc) is 2.03. The number of terminal acetylenes is 1. The van der Waals surface area contributed by atoms with Gasteiger partial charge in [-0.15, -0.1) is 6.42 Å². The first-order valence-electron chi connectivity index (χ1n) is 3.68. The lowest BCUT2D eigenvalue weighted by atomic mass is 10.5. The van der Waals surface area contributed by atoms with Crippen LogP contribution in [-0.2, 0) is 9.63 Å². The van der Waals surface area contributed by atoms with Crippen molar-refractivity contribution in [2.75, 3.05) is 13.2 Å². The van der Waals surface area contributed by atoms with Crippen LogP contribution in [0.15, 0.2) is 12.2 Å². The fourth-order valence-corrected chi connectivity index (χ4v) is 0.560. The van der Waals surface area contributed by atoms with Crippen LogP contribution in [0.25, 0.3) is 0 Å². The molecule has 0 aromatic rings. The van der Waals surface area contributed by atoms with E-state index in [0.717, 1.165) is 5.06 Å². The fourth-order valence-electron chi connectivity index (χ4n) is 0.560. The molecule has 0 aromatic carbocycles. The van der Waals surface area contributed by atoms with E-state index in [2.05, 4.69) is 5.92 Å². The van der Waals surface area contributed by atoms with Crippen molar-refractivity contribution in [3.05, 3.63) is 12.2 Å². The summed E-state index contributed by atoms with van der Waals surface area (Å²) < 4.78 is 0. The summed E-state index contributed by atoms with van der Waals surface area (Å²) in [5.41, 5.74) is 0. The minimum Gasteiger partial charge on any atom is -0.273 e. The van der Waals surface area contributed by atoms with Crippen LogP contribution >= 0.6 is 0 Å². The molecular weight excluding hydrogens is 154 g/mol. The van der Waals surface area contributed by atoms with Gasteiger partial charge in [0, 0.05) is 6.92 Å². The summed E-state index contributed by atoms with van der Waals surface area (Å²) >= 11 is 0. The van der Waals surface area contributed by atoms with Gasteiger partial charge in [-0.05, 0) is 6.92 Å². The van der Waals surface area contributed by atoms with Crippen molar-refractivity contribution in [3.8, 4) is 12.3 Å². The highest BCUT2D eigenvalue weighted by Crippen LogP contribution is 1.90. The maximum absolute atomic E-state index is 10.8. The van der Waals surface area contributed by atoms with Gasteiger partial charge in [0.15, 0.2) is 0 Å². The van der Waals surface area contributed by atoms with Crippen molar-refractivity contribution in [2.45, 2.75) is 13.8 Å². The Morgan fingerprint density at radius 2 is 2.42 bits per heavy atom. The van der Waals surface area contributed by atoms with Crippen LogP contribution in [0, 0.1) is 12.3 Å². The Labute approximate surface area is 73.0 Å². The zero-order valence-electron chi connectivity index (χ0n) is 7.41. The van der Waals surface area contributed by atoms with Gasteiger partial charge < -0.3 is 0 Å². The number of hydrogen-bond acceptors (Lipinski definition) is 2. The third-order valence-electron chi connectivity index (χ3n) is 1.15. The van der Waals surface area contributed by atoms with E-state index in [9.17, 15) is 4.79 Å². The van der Waals surface area contributed by atoms with E-state index in [1.807, 2.05) is 13.0 Å². The zero-order valence-corrected chi connectivity index (χ0v) is 7.41. The maximum Gasteiger partial charge on any atom is 0.243 e. The summed E-state index contributed by atoms with van der Waals surface area (Å²) in [6.45, 7) is 3.85. The van der Waals surface area contributed by atoms with E-state index in [4.69, 9.17) is 11.3 Å². The van der Waals surface area contributed by atoms with Gasteiger partial charge in [0.1, 0.15) is 6.54 Å². The zero-order chi connectivity index (χ0) is 9.40. The molecule has 0 aliphatic heterocycles. The third kappa shape index (κ3) is 4.53. The van der Waals surface area contributed by atoms with Crippen LogP contribution in [0.5, 0.6) is 0 Å². The first kappa shape index (κ1) is 10.7. The van der Waals surface area contributed by atoms with Crippen LogP contribution in [0.3, 0.4) is 0 Å². The molecule has 66 valence electrons. The van der Waals surface area contributed by atoms with Gasteiger partial charge in [0.2, 0.25) is 5.91 Å². The molecule has 0 bridgehead atoms. The molecule has 12 heavy (non-hydrogen) atoms. The highest BCUT2D eigenvalue weighted by atomic mass is 16.7. The Bertz CT molecular complexity index is 203. The molecule has 0 unspecified atom stereocenters. The second-order valence-electron chi connectivity index (χ2n) is 2.12. The first-order chi connectivity index (χ1) is 5.72. The molecule has 0 rings (SSSR count). The third-order valence-corrected chi connectivity index (χ3v) is 1.15. The van der Waals surface area contributed by atoms with E-state index < -0.39 is 0 Å². The molecule has 1 amide bonds. The smallest absolute Gasteiger partial charge is 0.243 e. The number of hydrogen-bond donors (Lipinski definition) is 0. The van der Waals surface area contributed by atoms with Gasteiger partial charge in [-0.25, -0.2) is 5.06 Å². The molecule has 0 fully saturated rings. The van der Waals surface area contributed by atoms with E-state index in [0.29, 0.717) is 6.61 Å². The van der Waals surface area contributed by atoms with Crippen molar-refractivity contribution in [3.63, 3.8) is 0 Å². The minimum absolute atomic E-state index is 0.183. The lowest BCUT2D eigenvalue weighted by Gasteiger charge is -2.15. The normalized spacial score (nSPS) is 9.75. The van der Waals surface area contributed by atoms with Crippen molar-refractivity contribution < 1.29 is 9.63 Å². The molecule has 0 saturated heterocycles. The van der Waals surface area contributed by atoms with Crippen molar-refractivity contribution in [2.24, 2.45) is 0 Å². The number of amides is 1. The Morgan fingerprint density at radius 3 is 2.83 bits per heavy atom. The summed E-state index contributed by atoms with van der Waals surface area (Å²) in [6, 6.07) is 0. The summed E-state index contributed by atoms with van der Waals surface area (Å²) in [5.74, 6) is 2.15. The summed E-state index contributed by atoms with van der Waals surface area (Å²) in [4.78, 5) is 15.8. The topological polar surface area (TPSA) is 29.5 Å². The Hall–Kier alpha value is -1.27. The van der Waals surface area contributed by atoms with Crippen LogP contribution in [0.2, 0.25) is 0 Å². The number of rotatable bonds is 4. The lowest BCUT2D eigenvalue weighted by Crippen LogP contribution is -2.29. The highest BCUT2D eigenvalue weighted by Gasteiger charge is 2.05. The first-order valence-corrected chi connectivity index (χ1v) is 3.68. The van der Waals surface area contributed by atoms with Crippen LogP contribution < -0.4 is 0 Å². The number of carbonyl (C=O) groups is 1. The molecule has 3 heteroatoms. The average molecular weight is 167 g/mol. The molecule has 0 aliphatic rings. The Balaban J connectivity index is 3.81. The molecule has 0 aromatic heterocycles. The second kappa shape index (κ2) is 6.44. The molecule has 0 N–H and O–H groups in total. The Kier molecular flexibility index (Phi) is 5.76. The molecule has 0 aliphatic carbocycles. The van der Waals surface area contributed by atoms with Crippen LogP contribution in [0.1, 0.15) is 13.8 Å². The summed E-state index contributed by atoms with van der Waals surface area (Å²) in [6.07, 6.45) is 8.67. The SMILES string of the molecule is C#CCN(OCC=CC)C(C)=O. The van der Waals surface area contributed by atoms with Crippen molar-refractivity contribution in [1.29, 1.82) is 0 Å². The van der Waals surface area contributed by atoms with Gasteiger partial charge in [0.05, 0.1) is 6.61 Å². The molecular formula is C9H13NO2. The highest BCUT2D eigenvalue weighted by molar-refractivity contribution is 5.72. The van der Waals surface area contributed by atoms with Crippen molar-refractivity contribution in [1.82, 2.24) is 5.06 Å². The lowest BCUT2D eigenvalue weighted by molar-refractivity contribution is -0.175. The molecule has 3 nitrogen and oxygen atoms in total. The van der Waals surface area contributed by atoms with Gasteiger partial charge >= 0.3 is 0 Å². The maximum atomic E-state index is 10.8. The largest absolute Gasteiger partial charge is 0.273 e. The number of nitrogens with zero attached hydrogens (tertiary/aromatic N) is 1. The van der Waals surface area contributed by atoms with E-state index >= 15 is 0 Å². The van der Waals surface area contributed by atoms with Gasteiger partial charge in [0.25, 0.3) is 0 Å². The molecule has 0 spiro atoms. The van der Waals surface area contributed by atoms with Crippen LogP contribution in [-0.4, -0.2) is 24.1 Å². The van der Waals surface area contributed by atoms with Crippen LogP contribution in [0.4, 0.5) is 0 Å². The molecule has 0 radical (unpaired) electrons. The van der Waals surface area contributed by atoms with E-state index in [1.54, 1.807) is 6.08 Å². The Morgan fingerprint density at radius 1 is 1.75 bits per heavy atom. The number of carbonyl (C=O) groups excluding carboxylic acids is 1. The van der Waals surface area contributed by atoms with Crippen molar-refractivity contribution >= 4 is 5.91 Å². The monoisotopic (exact) mass is 167 g/mol. The fraction of sp³-hybridized carbons (Fsp3) is 0.444. The molecule has 0 atom stereocenters. The number of allylic oxidation sites excluding steroid dienone is 1. The van der Waals surface area contributed by atoms with E-state index in [-0.39, 0.29) is 12.5 Å². The molecule has 0 saturated carbocycles. The quantitative estimate of drug-likeness (QED) is 0.355. The van der Waals surface area contributed by atoms with Gasteiger partial charge in [-0.2, -0.15) is 0 Å². The predicted octanol–water partition coefficient (Wildman–Crippen LogP) is 0.976. The van der Waals surface area contributed by atoms with E-state index in [1.165, 1.54) is 6.92 Å². The predicted molar refractivity (Wildman–Crippen MR) is 47.0 cm³/mol. The van der Waals surface area contributed by atoms with Gasteiger partial charge in [-0.3, -0.25) is 9.63 Å². The summed E-state index contributed by atoms with van der Waals surface area (Å²) in [7, 11) is 0. The number of hydroxylamine groups is 2. The second-order valence-corrected chi connectivity index (χ2v) is 2.12. The standard InChI is InChI=1S/C9H13NO2/c1-4-6-8-12-10(7-5-2)9(3)11/h2,4,6H,7-8H2,1,3H3. The molecule has 0 heterocycles.